The molecule has 0 aromatic carbocycles. The first-order chi connectivity index (χ1) is 8.34. The lowest BCUT2D eigenvalue weighted by Gasteiger charge is -2.13. The largest absolute Gasteiger partial charge is 0.362 e. The van der Waals surface area contributed by atoms with Crippen LogP contribution in [0.1, 0.15) is 71.1 Å². The molecule has 0 radical (unpaired) electrons. The maximum Gasteiger partial charge on any atom is 0.0987 e. The number of rotatable bonds is 10. The zero-order valence-corrected chi connectivity index (χ0v) is 11.9. The van der Waals surface area contributed by atoms with Gasteiger partial charge in [0.2, 0.25) is 0 Å². The highest BCUT2D eigenvalue weighted by Crippen LogP contribution is 2.12. The van der Waals surface area contributed by atoms with Crippen LogP contribution in [0.25, 0.3) is 0 Å². The molecule has 0 aliphatic carbocycles. The van der Waals surface area contributed by atoms with Crippen LogP contribution in [0.5, 0.6) is 0 Å². The van der Waals surface area contributed by atoms with Gasteiger partial charge < -0.3 is 4.90 Å². The van der Waals surface area contributed by atoms with Gasteiger partial charge in [-0.25, -0.2) is 0 Å². The molecule has 17 heavy (non-hydrogen) atoms. The van der Waals surface area contributed by atoms with Crippen LogP contribution in [0.3, 0.4) is 0 Å². The fourth-order valence-electron chi connectivity index (χ4n) is 2.44. The highest BCUT2D eigenvalue weighted by atomic mass is 15.2. The molecule has 100 valence electrons. The number of unbranched alkanes of at least 4 members (excludes halogenated alkanes) is 8. The van der Waals surface area contributed by atoms with Gasteiger partial charge in [-0.05, 0) is 6.42 Å². The van der Waals surface area contributed by atoms with E-state index in [0.29, 0.717) is 0 Å². The van der Waals surface area contributed by atoms with E-state index in [-0.39, 0.29) is 0 Å². The van der Waals surface area contributed by atoms with Crippen LogP contribution < -0.4 is 0 Å². The lowest BCUT2D eigenvalue weighted by atomic mass is 10.1. The predicted molar refractivity (Wildman–Crippen MR) is 76.8 cm³/mol. The molecule has 0 amide bonds. The van der Waals surface area contributed by atoms with E-state index in [0.717, 1.165) is 13.1 Å². The van der Waals surface area contributed by atoms with E-state index < -0.39 is 0 Å². The van der Waals surface area contributed by atoms with Gasteiger partial charge in [-0.2, -0.15) is 0 Å². The van der Waals surface area contributed by atoms with Crippen LogP contribution in [0, 0.1) is 0 Å². The minimum Gasteiger partial charge on any atom is -0.362 e. The summed E-state index contributed by atoms with van der Waals surface area (Å²) in [4.78, 5) is 6.84. The fraction of sp³-hybridized carbons (Fsp3) is 0.933. The zero-order valence-electron chi connectivity index (χ0n) is 11.9. The van der Waals surface area contributed by atoms with Crippen molar-refractivity contribution in [3.05, 3.63) is 0 Å². The standard InChI is InChI=1S/C15H30N2/c1-3-4-5-6-7-8-9-10-11-12-15-16-13-14-17(15)2/h3-14H2,1-2H3. The summed E-state index contributed by atoms with van der Waals surface area (Å²) in [7, 11) is 2.17. The highest BCUT2D eigenvalue weighted by Gasteiger charge is 2.10. The van der Waals surface area contributed by atoms with Crippen molar-refractivity contribution in [1.29, 1.82) is 0 Å². The Morgan fingerprint density at radius 2 is 1.53 bits per heavy atom. The molecule has 0 unspecified atom stereocenters. The third kappa shape index (κ3) is 6.70. The molecule has 0 atom stereocenters. The summed E-state index contributed by atoms with van der Waals surface area (Å²) in [5.74, 6) is 1.34. The highest BCUT2D eigenvalue weighted by molar-refractivity contribution is 5.83. The molecule has 1 aliphatic rings. The Bertz CT molecular complexity index is 211. The Labute approximate surface area is 107 Å². The van der Waals surface area contributed by atoms with Gasteiger partial charge in [-0.15, -0.1) is 0 Å². The van der Waals surface area contributed by atoms with E-state index in [1.54, 1.807) is 0 Å². The summed E-state index contributed by atoms with van der Waals surface area (Å²) in [5, 5.41) is 0. The molecular weight excluding hydrogens is 208 g/mol. The van der Waals surface area contributed by atoms with Crippen LogP contribution in [0.4, 0.5) is 0 Å². The zero-order chi connectivity index (χ0) is 12.3. The maximum absolute atomic E-state index is 4.53. The molecule has 1 aliphatic heterocycles. The Balaban J connectivity index is 1.81. The Kier molecular flexibility index (Phi) is 8.12. The average molecular weight is 238 g/mol. The summed E-state index contributed by atoms with van der Waals surface area (Å²) in [6.07, 6.45) is 13.9. The second-order valence-electron chi connectivity index (χ2n) is 5.30. The molecule has 0 spiro atoms. The van der Waals surface area contributed by atoms with E-state index in [4.69, 9.17) is 0 Å². The smallest absolute Gasteiger partial charge is 0.0987 e. The van der Waals surface area contributed by atoms with Gasteiger partial charge in [0, 0.05) is 20.0 Å². The van der Waals surface area contributed by atoms with Crippen molar-refractivity contribution < 1.29 is 0 Å². The summed E-state index contributed by atoms with van der Waals surface area (Å²) >= 11 is 0. The van der Waals surface area contributed by atoms with Gasteiger partial charge in [0.15, 0.2) is 0 Å². The molecule has 2 nitrogen and oxygen atoms in total. The lowest BCUT2D eigenvalue weighted by molar-refractivity contribution is 0.531. The minimum atomic E-state index is 1.02. The summed E-state index contributed by atoms with van der Waals surface area (Å²) in [6, 6.07) is 0. The van der Waals surface area contributed by atoms with Gasteiger partial charge >= 0.3 is 0 Å². The SMILES string of the molecule is CCCCCCCCCCCC1=NCCN1C. The number of amidine groups is 1. The normalized spacial score (nSPS) is 15.4. The van der Waals surface area contributed by atoms with Gasteiger partial charge in [0.25, 0.3) is 0 Å². The molecule has 0 aromatic heterocycles. The molecule has 0 saturated carbocycles. The fourth-order valence-corrected chi connectivity index (χ4v) is 2.44. The number of nitrogens with zero attached hydrogens (tertiary/aromatic N) is 2. The Hall–Kier alpha value is -0.530. The monoisotopic (exact) mass is 238 g/mol. The van der Waals surface area contributed by atoms with Crippen LogP contribution in [0.15, 0.2) is 4.99 Å². The average Bonchev–Trinajstić information content (AvgIpc) is 2.73. The summed E-state index contributed by atoms with van der Waals surface area (Å²) < 4.78 is 0. The van der Waals surface area contributed by atoms with Crippen molar-refractivity contribution in [3.8, 4) is 0 Å². The van der Waals surface area contributed by atoms with Crippen LogP contribution >= 0.6 is 0 Å². The molecule has 1 rings (SSSR count). The first kappa shape index (κ1) is 14.5. The van der Waals surface area contributed by atoms with Crippen LogP contribution in [0.2, 0.25) is 0 Å². The molecule has 0 N–H and O–H groups in total. The first-order valence-corrected chi connectivity index (χ1v) is 7.59. The van der Waals surface area contributed by atoms with E-state index >= 15 is 0 Å². The van der Waals surface area contributed by atoms with E-state index in [1.807, 2.05) is 0 Å². The van der Waals surface area contributed by atoms with E-state index in [9.17, 15) is 0 Å². The van der Waals surface area contributed by atoms with Crippen molar-refractivity contribution in [3.63, 3.8) is 0 Å². The van der Waals surface area contributed by atoms with Crippen molar-refractivity contribution in [2.75, 3.05) is 20.1 Å². The molecule has 0 fully saturated rings. The third-order valence-electron chi connectivity index (χ3n) is 3.67. The summed E-state index contributed by atoms with van der Waals surface area (Å²) in [6.45, 7) is 4.43. The van der Waals surface area contributed by atoms with Gasteiger partial charge in [-0.1, -0.05) is 58.3 Å². The quantitative estimate of drug-likeness (QED) is 0.519. The van der Waals surface area contributed by atoms with E-state index in [2.05, 4.69) is 23.9 Å². The molecule has 1 heterocycles. The number of likely N-dealkylation sites (N-methyl/N-ethyl adjacent to an activating group) is 1. The number of hydrogen-bond donors (Lipinski definition) is 0. The van der Waals surface area contributed by atoms with Gasteiger partial charge in [0.1, 0.15) is 0 Å². The van der Waals surface area contributed by atoms with Gasteiger partial charge in [-0.3, -0.25) is 4.99 Å². The Morgan fingerprint density at radius 3 is 2.06 bits per heavy atom. The number of aliphatic imine (C=N–C) groups is 1. The van der Waals surface area contributed by atoms with Crippen molar-refractivity contribution in [2.24, 2.45) is 4.99 Å². The third-order valence-corrected chi connectivity index (χ3v) is 3.67. The lowest BCUT2D eigenvalue weighted by Crippen LogP contribution is -2.22. The maximum atomic E-state index is 4.53. The Morgan fingerprint density at radius 1 is 0.941 bits per heavy atom. The molecule has 0 aromatic rings. The topological polar surface area (TPSA) is 15.6 Å². The second-order valence-corrected chi connectivity index (χ2v) is 5.30. The minimum absolute atomic E-state index is 1.02. The first-order valence-electron chi connectivity index (χ1n) is 7.59. The second kappa shape index (κ2) is 9.49. The number of hydrogen-bond acceptors (Lipinski definition) is 2. The van der Waals surface area contributed by atoms with Crippen LogP contribution in [-0.4, -0.2) is 30.9 Å². The van der Waals surface area contributed by atoms with Gasteiger partial charge in [0.05, 0.1) is 12.4 Å². The molecular formula is C15H30N2. The van der Waals surface area contributed by atoms with Crippen molar-refractivity contribution >= 4 is 5.84 Å². The predicted octanol–water partition coefficient (Wildman–Crippen LogP) is 4.25. The molecule has 2 heteroatoms. The van der Waals surface area contributed by atoms with Crippen molar-refractivity contribution in [2.45, 2.75) is 71.1 Å². The van der Waals surface area contributed by atoms with Crippen LogP contribution in [-0.2, 0) is 0 Å². The van der Waals surface area contributed by atoms with Crippen molar-refractivity contribution in [1.82, 2.24) is 4.90 Å². The molecule has 0 bridgehead atoms. The molecule has 0 saturated heterocycles. The summed E-state index contributed by atoms with van der Waals surface area (Å²) in [5.41, 5.74) is 0. The van der Waals surface area contributed by atoms with E-state index in [1.165, 1.54) is 70.0 Å².